The largest absolute Gasteiger partial charge is 0.248 e. The zero-order valence-corrected chi connectivity index (χ0v) is 8.58. The molecule has 0 aromatic carbocycles. The van der Waals surface area contributed by atoms with Crippen LogP contribution >= 0.6 is 50.1 Å². The molecule has 48 valence electrons. The van der Waals surface area contributed by atoms with E-state index in [1.807, 2.05) is 22.6 Å². The first-order valence-electron chi connectivity index (χ1n) is 3.01. The van der Waals surface area contributed by atoms with Crippen molar-refractivity contribution in [1.82, 2.24) is 4.98 Å². The van der Waals surface area contributed by atoms with Gasteiger partial charge in [0.15, 0.2) is 0 Å². The molecule has 0 spiro atoms. The standard InChI is InChI=1S/C5H2BrClIN/c6-5-4(8)3(7)1-2-9-5/h1-2H/i1D,2D. The van der Waals surface area contributed by atoms with Gasteiger partial charge < -0.3 is 0 Å². The van der Waals surface area contributed by atoms with Crippen LogP contribution in [0.4, 0.5) is 0 Å². The second kappa shape index (κ2) is 3.16. The summed E-state index contributed by atoms with van der Waals surface area (Å²) < 4.78 is 15.6. The van der Waals surface area contributed by atoms with E-state index in [1.54, 1.807) is 0 Å². The van der Waals surface area contributed by atoms with Crippen LogP contribution in [-0.2, 0) is 0 Å². The maximum Gasteiger partial charge on any atom is 0.120 e. The van der Waals surface area contributed by atoms with Crippen molar-refractivity contribution in [2.75, 3.05) is 0 Å². The molecule has 0 saturated heterocycles. The monoisotopic (exact) mass is 319 g/mol. The van der Waals surface area contributed by atoms with E-state index in [2.05, 4.69) is 20.9 Å². The molecule has 0 aliphatic rings. The third-order valence-corrected chi connectivity index (χ3v) is 3.66. The van der Waals surface area contributed by atoms with Gasteiger partial charge in [-0.15, -0.1) is 0 Å². The van der Waals surface area contributed by atoms with E-state index < -0.39 is 0 Å². The summed E-state index contributed by atoms with van der Waals surface area (Å²) in [5.74, 6) is 0. The average molecular weight is 320 g/mol. The van der Waals surface area contributed by atoms with Crippen LogP contribution in [0.1, 0.15) is 2.74 Å². The fourth-order valence-corrected chi connectivity index (χ4v) is 1.11. The van der Waals surface area contributed by atoms with E-state index in [0.29, 0.717) is 8.17 Å². The molecule has 1 heterocycles. The average Bonchev–Trinajstić information content (AvgIpc) is 1.97. The predicted octanol–water partition coefficient (Wildman–Crippen LogP) is 3.10. The van der Waals surface area contributed by atoms with Gasteiger partial charge in [-0.1, -0.05) is 11.6 Å². The minimum Gasteiger partial charge on any atom is -0.248 e. The fraction of sp³-hybridized carbons (Fsp3) is 0. The van der Waals surface area contributed by atoms with Crippen molar-refractivity contribution >= 4 is 50.1 Å². The van der Waals surface area contributed by atoms with Crippen LogP contribution in [-0.4, -0.2) is 4.98 Å². The highest BCUT2D eigenvalue weighted by molar-refractivity contribution is 14.1. The SMILES string of the molecule is [2H]c1nc(Br)c(I)c(Cl)c1[2H]. The van der Waals surface area contributed by atoms with Crippen molar-refractivity contribution in [1.29, 1.82) is 0 Å². The van der Waals surface area contributed by atoms with Gasteiger partial charge >= 0.3 is 0 Å². The van der Waals surface area contributed by atoms with Crippen LogP contribution in [0.2, 0.25) is 5.02 Å². The quantitative estimate of drug-likeness (QED) is 0.529. The molecule has 9 heavy (non-hydrogen) atoms. The zero-order valence-electron chi connectivity index (χ0n) is 6.08. The molecular weight excluding hydrogens is 316 g/mol. The van der Waals surface area contributed by atoms with Crippen molar-refractivity contribution < 1.29 is 2.74 Å². The van der Waals surface area contributed by atoms with Gasteiger partial charge in [0, 0.05) is 6.17 Å². The van der Waals surface area contributed by atoms with Crippen LogP contribution < -0.4 is 0 Å². The van der Waals surface area contributed by atoms with Crippen LogP contribution in [0.25, 0.3) is 0 Å². The smallest absolute Gasteiger partial charge is 0.120 e. The summed E-state index contributed by atoms with van der Waals surface area (Å²) in [6, 6.07) is -0.0285. The van der Waals surface area contributed by atoms with E-state index in [1.165, 1.54) is 0 Å². The predicted molar refractivity (Wildman–Crippen MR) is 49.7 cm³/mol. The minimum atomic E-state index is -0.109. The summed E-state index contributed by atoms with van der Waals surface area (Å²) >= 11 is 10.8. The Hall–Kier alpha value is 0.650. The molecule has 0 bridgehead atoms. The van der Waals surface area contributed by atoms with Crippen LogP contribution in [0.15, 0.2) is 16.8 Å². The lowest BCUT2D eigenvalue weighted by Crippen LogP contribution is -1.79. The Kier molecular flexibility index (Phi) is 1.87. The Morgan fingerprint density at radius 1 is 1.89 bits per heavy atom. The molecule has 0 N–H and O–H groups in total. The van der Waals surface area contributed by atoms with Crippen molar-refractivity contribution in [3.05, 3.63) is 25.4 Å². The van der Waals surface area contributed by atoms with Crippen molar-refractivity contribution in [3.63, 3.8) is 0 Å². The number of halogens is 3. The highest BCUT2D eigenvalue weighted by Crippen LogP contribution is 2.23. The molecule has 0 radical (unpaired) electrons. The Morgan fingerprint density at radius 3 is 3.22 bits per heavy atom. The first-order valence-corrected chi connectivity index (χ1v) is 4.26. The van der Waals surface area contributed by atoms with Gasteiger partial charge in [-0.2, -0.15) is 0 Å². The summed E-state index contributed by atoms with van der Waals surface area (Å²) in [5, 5.41) is 0.275. The van der Waals surface area contributed by atoms with Crippen molar-refractivity contribution in [2.24, 2.45) is 0 Å². The fourth-order valence-electron chi connectivity index (χ4n) is 0.321. The van der Waals surface area contributed by atoms with Gasteiger partial charge in [0.25, 0.3) is 0 Å². The maximum atomic E-state index is 7.27. The zero-order chi connectivity index (χ0) is 8.59. The number of aromatic nitrogens is 1. The number of nitrogens with zero attached hydrogens (tertiary/aromatic N) is 1. The normalized spacial score (nSPS) is 12.8. The number of pyridine rings is 1. The second-order valence-corrected chi connectivity index (χ2v) is 3.48. The van der Waals surface area contributed by atoms with E-state index in [0.717, 1.165) is 0 Å². The molecule has 0 aliphatic heterocycles. The Morgan fingerprint density at radius 2 is 2.56 bits per heavy atom. The van der Waals surface area contributed by atoms with Crippen molar-refractivity contribution in [2.45, 2.75) is 0 Å². The molecule has 1 aromatic rings. The highest BCUT2D eigenvalue weighted by atomic mass is 127. The van der Waals surface area contributed by atoms with Gasteiger partial charge in [-0.3, -0.25) is 0 Å². The Labute approximate surface area is 82.9 Å². The molecule has 0 saturated carbocycles. The molecular formula is C5H2BrClIN. The molecule has 1 nitrogen and oxygen atoms in total. The topological polar surface area (TPSA) is 12.9 Å². The van der Waals surface area contributed by atoms with Gasteiger partial charge in [-0.25, -0.2) is 4.98 Å². The molecule has 0 amide bonds. The summed E-state index contributed by atoms with van der Waals surface area (Å²) in [7, 11) is 0. The summed E-state index contributed by atoms with van der Waals surface area (Å²) in [5.41, 5.74) is 0. The molecule has 4 heteroatoms. The highest BCUT2D eigenvalue weighted by Gasteiger charge is 1.99. The van der Waals surface area contributed by atoms with Crippen LogP contribution in [0.3, 0.4) is 0 Å². The number of hydrogen-bond acceptors (Lipinski definition) is 1. The third kappa shape index (κ3) is 1.78. The van der Waals surface area contributed by atoms with Crippen molar-refractivity contribution in [3.8, 4) is 0 Å². The summed E-state index contributed by atoms with van der Waals surface area (Å²) in [6.07, 6.45) is -0.109. The Balaban J connectivity index is 3.46. The first-order chi connectivity index (χ1) is 5.04. The van der Waals surface area contributed by atoms with E-state index in [9.17, 15) is 0 Å². The maximum absolute atomic E-state index is 7.27. The van der Waals surface area contributed by atoms with Crippen LogP contribution in [0.5, 0.6) is 0 Å². The van der Waals surface area contributed by atoms with E-state index in [-0.39, 0.29) is 17.2 Å². The van der Waals surface area contributed by atoms with E-state index >= 15 is 0 Å². The molecule has 0 unspecified atom stereocenters. The lowest BCUT2D eigenvalue weighted by Gasteiger charge is -1.94. The van der Waals surface area contributed by atoms with Crippen LogP contribution in [0, 0.1) is 3.57 Å². The number of rotatable bonds is 0. The lowest BCUT2D eigenvalue weighted by atomic mass is 10.5. The molecule has 1 rings (SSSR count). The lowest BCUT2D eigenvalue weighted by molar-refractivity contribution is 1.25. The molecule has 1 aromatic heterocycles. The summed E-state index contributed by atoms with van der Waals surface area (Å²) in [4.78, 5) is 3.74. The van der Waals surface area contributed by atoms with E-state index in [4.69, 9.17) is 14.3 Å². The van der Waals surface area contributed by atoms with Gasteiger partial charge in [-0.05, 0) is 44.6 Å². The molecule has 0 atom stereocenters. The van der Waals surface area contributed by atoms with Gasteiger partial charge in [0.2, 0.25) is 0 Å². The summed E-state index contributed by atoms with van der Waals surface area (Å²) in [6.45, 7) is 0. The molecule has 0 aliphatic carbocycles. The minimum absolute atomic E-state index is 0.0285. The van der Waals surface area contributed by atoms with Gasteiger partial charge in [0.05, 0.1) is 11.3 Å². The Bertz CT molecular complexity index is 281. The van der Waals surface area contributed by atoms with Gasteiger partial charge in [0.1, 0.15) is 4.60 Å². The molecule has 0 fully saturated rings. The first kappa shape index (κ1) is 5.32. The number of hydrogen-bond donors (Lipinski definition) is 0. The second-order valence-electron chi connectivity index (χ2n) is 1.27. The third-order valence-electron chi connectivity index (χ3n) is 0.694.